The van der Waals surface area contributed by atoms with Crippen molar-refractivity contribution in [2.45, 2.75) is 18.3 Å². The molecule has 0 aromatic carbocycles. The average molecular weight is 189 g/mol. The molecule has 2 radical (unpaired) electrons. The number of nitro groups is 1. The first-order chi connectivity index (χ1) is 6.06. The molecule has 1 rings (SSSR count). The Morgan fingerprint density at radius 3 is 2.62 bits per heavy atom. The Hall–Kier alpha value is -0.720. The molecule has 2 N–H and O–H groups in total. The fourth-order valence-corrected chi connectivity index (χ4v) is 1.39. The van der Waals surface area contributed by atoms with Gasteiger partial charge >= 0.3 is 0 Å². The Bertz CT molecular complexity index is 197. The van der Waals surface area contributed by atoms with Crippen molar-refractivity contribution in [3.05, 3.63) is 17.0 Å². The van der Waals surface area contributed by atoms with E-state index in [1.807, 2.05) is 0 Å². The summed E-state index contributed by atoms with van der Waals surface area (Å²) in [5.74, 6) is -0.743. The molecule has 1 heterocycles. The number of hydrogen-bond acceptors (Lipinski definition) is 5. The maximum absolute atomic E-state index is 10.2. The fraction of sp³-hybridized carbons (Fsp3) is 0.857. The van der Waals surface area contributed by atoms with Crippen molar-refractivity contribution in [1.29, 1.82) is 0 Å². The molecule has 13 heavy (non-hydrogen) atoms. The Kier molecular flexibility index (Phi) is 3.18. The van der Waals surface area contributed by atoms with Gasteiger partial charge in [0.15, 0.2) is 0 Å². The van der Waals surface area contributed by atoms with Crippen molar-refractivity contribution < 1.29 is 19.9 Å². The lowest BCUT2D eigenvalue weighted by Crippen LogP contribution is -2.33. The summed E-state index contributed by atoms with van der Waals surface area (Å²) in [4.78, 5) is 9.60. The molecule has 0 aromatic rings. The van der Waals surface area contributed by atoms with E-state index in [0.29, 0.717) is 0 Å². The van der Waals surface area contributed by atoms with Crippen LogP contribution in [-0.2, 0) is 4.74 Å². The van der Waals surface area contributed by atoms with E-state index in [1.165, 1.54) is 0 Å². The molecule has 1 aliphatic rings. The van der Waals surface area contributed by atoms with Crippen molar-refractivity contribution in [1.82, 2.24) is 0 Å². The van der Waals surface area contributed by atoms with E-state index in [0.717, 1.165) is 0 Å². The van der Waals surface area contributed by atoms with Gasteiger partial charge in [-0.2, -0.15) is 0 Å². The predicted molar refractivity (Wildman–Crippen MR) is 41.4 cm³/mol. The topological polar surface area (TPSA) is 92.8 Å². The molecule has 1 saturated heterocycles. The van der Waals surface area contributed by atoms with E-state index >= 15 is 0 Å². The van der Waals surface area contributed by atoms with E-state index in [4.69, 9.17) is 16.8 Å². The lowest BCUT2D eigenvalue weighted by molar-refractivity contribution is -0.490. The summed E-state index contributed by atoms with van der Waals surface area (Å²) in [7, 11) is 0. The second kappa shape index (κ2) is 3.99. The van der Waals surface area contributed by atoms with Gasteiger partial charge in [0.25, 0.3) is 0 Å². The molecular weight excluding hydrogens is 178 g/mol. The molecular formula is C7H11NO5. The number of hydrogen-bond donors (Lipinski definition) is 2. The van der Waals surface area contributed by atoms with Crippen LogP contribution in [0.15, 0.2) is 0 Å². The number of aliphatic hydroxyl groups is 2. The van der Waals surface area contributed by atoms with E-state index in [2.05, 4.69) is 0 Å². The third-order valence-electron chi connectivity index (χ3n) is 2.11. The summed E-state index contributed by atoms with van der Waals surface area (Å²) >= 11 is 0. The molecule has 4 atom stereocenters. The third-order valence-corrected chi connectivity index (χ3v) is 2.11. The maximum Gasteiger partial charge on any atom is 0.211 e. The van der Waals surface area contributed by atoms with Crippen molar-refractivity contribution in [3.8, 4) is 0 Å². The minimum Gasteiger partial charge on any atom is -0.394 e. The lowest BCUT2D eigenvalue weighted by atomic mass is 9.97. The van der Waals surface area contributed by atoms with Crippen LogP contribution in [0.1, 0.15) is 0 Å². The van der Waals surface area contributed by atoms with Crippen LogP contribution >= 0.6 is 0 Å². The summed E-state index contributed by atoms with van der Waals surface area (Å²) in [5.41, 5.74) is 0. The average Bonchev–Trinajstić information content (AvgIpc) is 2.31. The van der Waals surface area contributed by atoms with E-state index in [-0.39, 0.29) is 6.61 Å². The Morgan fingerprint density at radius 1 is 1.62 bits per heavy atom. The monoisotopic (exact) mass is 189 g/mol. The smallest absolute Gasteiger partial charge is 0.211 e. The van der Waals surface area contributed by atoms with Crippen molar-refractivity contribution in [3.63, 3.8) is 0 Å². The van der Waals surface area contributed by atoms with Crippen LogP contribution in [0.4, 0.5) is 0 Å². The molecule has 6 heteroatoms. The first-order valence-corrected chi connectivity index (χ1v) is 3.88. The molecule has 1 aliphatic heterocycles. The Balaban J connectivity index is 2.58. The SMILES string of the molecule is [CH]C1O[C@H](CO)[C@H](O)C1C[N+](=O)[O-]. The van der Waals surface area contributed by atoms with Gasteiger partial charge in [-0.1, -0.05) is 0 Å². The Morgan fingerprint density at radius 2 is 2.23 bits per heavy atom. The lowest BCUT2D eigenvalue weighted by Gasteiger charge is -2.12. The number of rotatable bonds is 3. The minimum atomic E-state index is -1.06. The zero-order valence-electron chi connectivity index (χ0n) is 6.87. The second-order valence-electron chi connectivity index (χ2n) is 2.99. The summed E-state index contributed by atoms with van der Waals surface area (Å²) in [5, 5.41) is 28.3. The summed E-state index contributed by atoms with van der Waals surface area (Å²) in [6.07, 6.45) is -2.75. The van der Waals surface area contributed by atoms with E-state index < -0.39 is 35.7 Å². The van der Waals surface area contributed by atoms with Gasteiger partial charge in [-0.15, -0.1) is 0 Å². The van der Waals surface area contributed by atoms with Crippen molar-refractivity contribution in [2.24, 2.45) is 5.92 Å². The van der Waals surface area contributed by atoms with E-state index in [9.17, 15) is 15.2 Å². The van der Waals surface area contributed by atoms with Crippen LogP contribution < -0.4 is 0 Å². The number of ether oxygens (including phenoxy) is 1. The molecule has 0 aromatic heterocycles. The minimum absolute atomic E-state index is 0.386. The zero-order valence-corrected chi connectivity index (χ0v) is 6.87. The van der Waals surface area contributed by atoms with Gasteiger partial charge in [0, 0.05) is 4.92 Å². The molecule has 0 amide bonds. The molecule has 0 spiro atoms. The first kappa shape index (κ1) is 10.4. The van der Waals surface area contributed by atoms with Gasteiger partial charge in [-0.05, 0) is 6.92 Å². The molecule has 0 bridgehead atoms. The second-order valence-corrected chi connectivity index (χ2v) is 2.99. The van der Waals surface area contributed by atoms with Crippen LogP contribution in [0, 0.1) is 23.0 Å². The molecule has 0 saturated carbocycles. The molecule has 1 fully saturated rings. The van der Waals surface area contributed by atoms with Crippen LogP contribution in [-0.4, -0.2) is 46.6 Å². The highest BCUT2D eigenvalue weighted by atomic mass is 16.6. The van der Waals surface area contributed by atoms with Gasteiger partial charge in [-0.3, -0.25) is 10.1 Å². The molecule has 2 unspecified atom stereocenters. The maximum atomic E-state index is 10.2. The molecule has 6 nitrogen and oxygen atoms in total. The summed E-state index contributed by atoms with van der Waals surface area (Å²) < 4.78 is 4.91. The fourth-order valence-electron chi connectivity index (χ4n) is 1.39. The summed E-state index contributed by atoms with van der Waals surface area (Å²) in [6.45, 7) is 4.55. The predicted octanol–water partition coefficient (Wildman–Crippen LogP) is -1.29. The van der Waals surface area contributed by atoms with Crippen LogP contribution in [0.5, 0.6) is 0 Å². The largest absolute Gasteiger partial charge is 0.394 e. The van der Waals surface area contributed by atoms with Crippen molar-refractivity contribution in [2.75, 3.05) is 13.2 Å². The van der Waals surface area contributed by atoms with Gasteiger partial charge < -0.3 is 14.9 Å². The van der Waals surface area contributed by atoms with Gasteiger partial charge in [0.1, 0.15) is 6.10 Å². The first-order valence-electron chi connectivity index (χ1n) is 3.88. The van der Waals surface area contributed by atoms with Crippen molar-refractivity contribution >= 4 is 0 Å². The van der Waals surface area contributed by atoms with Gasteiger partial charge in [0.2, 0.25) is 6.54 Å². The highest BCUT2D eigenvalue weighted by Crippen LogP contribution is 2.26. The summed E-state index contributed by atoms with van der Waals surface area (Å²) in [6, 6.07) is 0. The van der Waals surface area contributed by atoms with Crippen LogP contribution in [0.3, 0.4) is 0 Å². The number of aliphatic hydroxyl groups excluding tert-OH is 2. The third kappa shape index (κ3) is 2.15. The van der Waals surface area contributed by atoms with E-state index in [1.54, 1.807) is 0 Å². The Labute approximate surface area is 75.3 Å². The number of nitrogens with zero attached hydrogens (tertiary/aromatic N) is 1. The highest BCUT2D eigenvalue weighted by molar-refractivity contribution is 4.90. The normalized spacial score (nSPS) is 39.3. The quantitative estimate of drug-likeness (QED) is 0.425. The van der Waals surface area contributed by atoms with Gasteiger partial charge in [-0.25, -0.2) is 0 Å². The zero-order chi connectivity index (χ0) is 10.0. The van der Waals surface area contributed by atoms with Gasteiger partial charge in [0.05, 0.1) is 24.7 Å². The molecule has 0 aliphatic carbocycles. The highest BCUT2D eigenvalue weighted by Gasteiger charge is 2.43. The van der Waals surface area contributed by atoms with Crippen LogP contribution in [0.25, 0.3) is 0 Å². The van der Waals surface area contributed by atoms with Crippen LogP contribution in [0.2, 0.25) is 0 Å². The standard InChI is InChI=1S/C7H11NO5/c1-4-5(2-8(11)12)7(10)6(3-9)13-4/h1,4-7,9-10H,2-3H2/t4?,5?,6-,7-/m1/s1. The molecule has 74 valence electrons.